The van der Waals surface area contributed by atoms with Gasteiger partial charge in [0.05, 0.1) is 12.1 Å². The highest BCUT2D eigenvalue weighted by Crippen LogP contribution is 2.33. The number of anilines is 1. The summed E-state index contributed by atoms with van der Waals surface area (Å²) in [6, 6.07) is 4.41. The fraction of sp³-hybridized carbons (Fsp3) is 0.500. The van der Waals surface area contributed by atoms with Crippen molar-refractivity contribution in [3.05, 3.63) is 24.0 Å². The number of nitrogens with zero attached hydrogens (tertiary/aromatic N) is 4. The average molecular weight is 291 g/mol. The summed E-state index contributed by atoms with van der Waals surface area (Å²) in [5.74, 6) is 0.0323. The van der Waals surface area contributed by atoms with Crippen LogP contribution >= 0.6 is 0 Å². The highest BCUT2D eigenvalue weighted by atomic mass is 19.1. The molecule has 1 aromatic heterocycles. The van der Waals surface area contributed by atoms with Crippen LogP contribution in [0.2, 0.25) is 0 Å². The molecule has 0 aliphatic carbocycles. The predicted molar refractivity (Wildman–Crippen MR) is 75.8 cm³/mol. The van der Waals surface area contributed by atoms with Crippen LogP contribution in [0.3, 0.4) is 0 Å². The second-order valence-electron chi connectivity index (χ2n) is 5.82. The molecule has 0 amide bonds. The molecule has 0 spiro atoms. The quantitative estimate of drug-likeness (QED) is 0.873. The summed E-state index contributed by atoms with van der Waals surface area (Å²) in [4.78, 5) is 0. The van der Waals surface area contributed by atoms with E-state index in [0.29, 0.717) is 23.6 Å². The van der Waals surface area contributed by atoms with Crippen LogP contribution in [-0.4, -0.2) is 33.4 Å². The number of tetrazole rings is 1. The highest BCUT2D eigenvalue weighted by molar-refractivity contribution is 5.61. The van der Waals surface area contributed by atoms with Crippen molar-refractivity contribution < 1.29 is 9.13 Å². The zero-order chi connectivity index (χ0) is 14.9. The van der Waals surface area contributed by atoms with E-state index < -0.39 is 0 Å². The van der Waals surface area contributed by atoms with Crippen molar-refractivity contribution in [2.45, 2.75) is 26.3 Å². The molecule has 3 rings (SSSR count). The maximum atomic E-state index is 14.0. The van der Waals surface area contributed by atoms with Crippen molar-refractivity contribution in [1.29, 1.82) is 0 Å². The predicted octanol–water partition coefficient (Wildman–Crippen LogP) is 1.88. The Bertz CT molecular complexity index is 636. The Morgan fingerprint density at radius 3 is 2.90 bits per heavy atom. The number of hydrogen-bond acceptors (Lipinski definition) is 5. The van der Waals surface area contributed by atoms with Crippen molar-refractivity contribution in [1.82, 2.24) is 20.2 Å². The normalized spacial score (nSPS) is 17.8. The number of hydrogen-bond donors (Lipinski definition) is 1. The maximum Gasteiger partial charge on any atom is 0.185 e. The Kier molecular flexibility index (Phi) is 3.59. The van der Waals surface area contributed by atoms with Crippen molar-refractivity contribution in [2.75, 3.05) is 18.9 Å². The van der Waals surface area contributed by atoms with Gasteiger partial charge in [-0.05, 0) is 46.9 Å². The molecule has 7 heteroatoms. The molecule has 112 valence electrons. The molecule has 21 heavy (non-hydrogen) atoms. The summed E-state index contributed by atoms with van der Waals surface area (Å²) >= 11 is 0. The number of nitrogen functional groups attached to an aromatic ring is 1. The Labute approximate surface area is 122 Å². The zero-order valence-corrected chi connectivity index (χ0v) is 11.9. The average Bonchev–Trinajstić information content (AvgIpc) is 2.89. The number of aromatic nitrogens is 4. The van der Waals surface area contributed by atoms with Gasteiger partial charge in [0.2, 0.25) is 0 Å². The van der Waals surface area contributed by atoms with Crippen molar-refractivity contribution in [2.24, 2.45) is 5.41 Å². The molecule has 2 heterocycles. The van der Waals surface area contributed by atoms with E-state index in [0.717, 1.165) is 26.1 Å². The van der Waals surface area contributed by atoms with Gasteiger partial charge in [-0.2, -0.15) is 0 Å². The van der Waals surface area contributed by atoms with Crippen LogP contribution in [0.4, 0.5) is 10.1 Å². The number of benzene rings is 1. The molecule has 1 aromatic carbocycles. The first-order valence-corrected chi connectivity index (χ1v) is 6.97. The Morgan fingerprint density at radius 2 is 2.14 bits per heavy atom. The van der Waals surface area contributed by atoms with Crippen molar-refractivity contribution >= 4 is 5.69 Å². The molecule has 2 N–H and O–H groups in total. The largest absolute Gasteiger partial charge is 0.399 e. The molecule has 0 bridgehead atoms. The summed E-state index contributed by atoms with van der Waals surface area (Å²) in [6.45, 7) is 4.28. The van der Waals surface area contributed by atoms with Gasteiger partial charge in [-0.1, -0.05) is 6.92 Å². The molecule has 1 saturated heterocycles. The minimum Gasteiger partial charge on any atom is -0.399 e. The number of halogens is 1. The first-order valence-electron chi connectivity index (χ1n) is 6.97. The van der Waals surface area contributed by atoms with E-state index in [2.05, 4.69) is 22.4 Å². The molecular weight excluding hydrogens is 273 g/mol. The second-order valence-corrected chi connectivity index (χ2v) is 5.82. The lowest BCUT2D eigenvalue weighted by Gasteiger charge is -2.33. The monoisotopic (exact) mass is 291 g/mol. The van der Waals surface area contributed by atoms with Crippen LogP contribution in [0.15, 0.2) is 18.2 Å². The first-order chi connectivity index (χ1) is 10.1. The maximum absolute atomic E-state index is 14.0. The topological polar surface area (TPSA) is 78.9 Å². The van der Waals surface area contributed by atoms with E-state index in [-0.39, 0.29) is 11.2 Å². The molecule has 1 aliphatic rings. The fourth-order valence-corrected chi connectivity index (χ4v) is 2.60. The zero-order valence-electron chi connectivity index (χ0n) is 11.9. The summed E-state index contributed by atoms with van der Waals surface area (Å²) in [5.41, 5.74) is 6.60. The molecule has 1 fully saturated rings. The van der Waals surface area contributed by atoms with Crippen LogP contribution in [-0.2, 0) is 11.3 Å². The molecule has 2 aromatic rings. The van der Waals surface area contributed by atoms with Crippen LogP contribution < -0.4 is 5.73 Å². The first kappa shape index (κ1) is 13.9. The third-order valence-electron chi connectivity index (χ3n) is 3.99. The Balaban J connectivity index is 1.92. The summed E-state index contributed by atoms with van der Waals surface area (Å²) < 4.78 is 21.1. The Hall–Kier alpha value is -2.02. The van der Waals surface area contributed by atoms with Crippen molar-refractivity contribution in [3.8, 4) is 11.4 Å². The van der Waals surface area contributed by atoms with Gasteiger partial charge in [0.1, 0.15) is 5.82 Å². The lowest BCUT2D eigenvalue weighted by Crippen LogP contribution is -2.31. The van der Waals surface area contributed by atoms with Gasteiger partial charge in [0.25, 0.3) is 0 Å². The fourth-order valence-electron chi connectivity index (χ4n) is 2.60. The molecular formula is C14H18FN5O. The summed E-state index contributed by atoms with van der Waals surface area (Å²) in [6.07, 6.45) is 1.87. The third kappa shape index (κ3) is 2.87. The lowest BCUT2D eigenvalue weighted by atomic mass is 9.82. The van der Waals surface area contributed by atoms with Crippen molar-refractivity contribution in [3.63, 3.8) is 0 Å². The van der Waals surface area contributed by atoms with Gasteiger partial charge in [0, 0.05) is 18.9 Å². The van der Waals surface area contributed by atoms with Gasteiger partial charge in [0.15, 0.2) is 5.82 Å². The van der Waals surface area contributed by atoms with Gasteiger partial charge in [-0.15, -0.1) is 5.10 Å². The SMILES string of the molecule is CC1(Cn2nnnc2-c2cc(N)ccc2F)CCOCC1. The molecule has 6 nitrogen and oxygen atoms in total. The Morgan fingerprint density at radius 1 is 1.38 bits per heavy atom. The van der Waals surface area contributed by atoms with Crippen LogP contribution in [0.1, 0.15) is 19.8 Å². The molecule has 0 saturated carbocycles. The minimum absolute atomic E-state index is 0.0547. The van der Waals surface area contributed by atoms with Crippen LogP contribution in [0, 0.1) is 11.2 Å². The van der Waals surface area contributed by atoms with E-state index in [1.165, 1.54) is 12.1 Å². The van der Waals surface area contributed by atoms with Gasteiger partial charge < -0.3 is 10.5 Å². The number of rotatable bonds is 3. The molecule has 1 aliphatic heterocycles. The van der Waals surface area contributed by atoms with E-state index in [1.54, 1.807) is 10.7 Å². The number of nitrogens with two attached hydrogens (primary N) is 1. The van der Waals surface area contributed by atoms with E-state index >= 15 is 0 Å². The minimum atomic E-state index is -0.377. The van der Waals surface area contributed by atoms with Gasteiger partial charge >= 0.3 is 0 Å². The van der Waals surface area contributed by atoms with Gasteiger partial charge in [-0.25, -0.2) is 9.07 Å². The highest BCUT2D eigenvalue weighted by Gasteiger charge is 2.30. The molecule has 0 radical (unpaired) electrons. The lowest BCUT2D eigenvalue weighted by molar-refractivity contribution is 0.0138. The second kappa shape index (κ2) is 5.40. The smallest absolute Gasteiger partial charge is 0.185 e. The summed E-state index contributed by atoms with van der Waals surface area (Å²) in [5, 5.41) is 11.7. The standard InChI is InChI=1S/C14H18FN5O/c1-14(4-6-21-7-5-14)9-20-13(17-18-19-20)11-8-10(16)2-3-12(11)15/h2-3,8H,4-7,9,16H2,1H3. The van der Waals surface area contributed by atoms with E-state index in [1.807, 2.05) is 0 Å². The molecule has 0 atom stereocenters. The summed E-state index contributed by atoms with van der Waals surface area (Å²) in [7, 11) is 0. The van der Waals surface area contributed by atoms with Gasteiger partial charge in [-0.3, -0.25) is 0 Å². The van der Waals surface area contributed by atoms with Crippen LogP contribution in [0.25, 0.3) is 11.4 Å². The van der Waals surface area contributed by atoms with E-state index in [9.17, 15) is 4.39 Å². The van der Waals surface area contributed by atoms with E-state index in [4.69, 9.17) is 10.5 Å². The molecule has 0 unspecified atom stereocenters. The third-order valence-corrected chi connectivity index (χ3v) is 3.99. The number of ether oxygens (including phenoxy) is 1. The van der Waals surface area contributed by atoms with Crippen LogP contribution in [0.5, 0.6) is 0 Å².